The first kappa shape index (κ1) is 13.9. The van der Waals surface area contributed by atoms with Crippen molar-refractivity contribution in [1.82, 2.24) is 9.78 Å². The fourth-order valence-electron chi connectivity index (χ4n) is 1.81. The molecule has 2 aromatic rings. The van der Waals surface area contributed by atoms with Crippen LogP contribution in [-0.4, -0.2) is 20.9 Å². The number of carboxylic acids is 1. The molecule has 1 heterocycles. The molecule has 19 heavy (non-hydrogen) atoms. The van der Waals surface area contributed by atoms with Gasteiger partial charge in [-0.05, 0) is 24.1 Å². The Balaban J connectivity index is 2.35. The number of aromatic nitrogens is 2. The molecule has 0 atom stereocenters. The van der Waals surface area contributed by atoms with Gasteiger partial charge < -0.3 is 5.11 Å². The number of hydrogen-bond acceptors (Lipinski definition) is 2. The Bertz CT molecular complexity index is 606. The summed E-state index contributed by atoms with van der Waals surface area (Å²) in [5.41, 5.74) is 1.53. The minimum absolute atomic E-state index is 0.0816. The number of carboxylic acid groups (broad SMARTS) is 1. The Morgan fingerprint density at radius 2 is 1.95 bits per heavy atom. The van der Waals surface area contributed by atoms with Gasteiger partial charge in [0.2, 0.25) is 0 Å². The van der Waals surface area contributed by atoms with E-state index in [4.69, 9.17) is 28.3 Å². The van der Waals surface area contributed by atoms with Gasteiger partial charge >= 0.3 is 5.97 Å². The second kappa shape index (κ2) is 5.63. The summed E-state index contributed by atoms with van der Waals surface area (Å²) in [6.45, 7) is 2.26. The molecule has 0 fully saturated rings. The van der Waals surface area contributed by atoms with Crippen LogP contribution in [0.1, 0.15) is 28.5 Å². The Kier molecular flexibility index (Phi) is 4.12. The van der Waals surface area contributed by atoms with Gasteiger partial charge in [0.25, 0.3) is 0 Å². The number of aromatic carboxylic acids is 1. The van der Waals surface area contributed by atoms with E-state index in [0.29, 0.717) is 23.7 Å². The largest absolute Gasteiger partial charge is 0.478 e. The molecule has 1 aromatic carbocycles. The highest BCUT2D eigenvalue weighted by Crippen LogP contribution is 2.22. The molecular weight excluding hydrogens is 287 g/mol. The molecule has 0 bridgehead atoms. The molecule has 0 aliphatic carbocycles. The lowest BCUT2D eigenvalue weighted by molar-refractivity contribution is 0.0696. The Morgan fingerprint density at radius 3 is 2.42 bits per heavy atom. The first-order chi connectivity index (χ1) is 9.02. The molecule has 0 saturated heterocycles. The van der Waals surface area contributed by atoms with Crippen molar-refractivity contribution in [2.24, 2.45) is 0 Å². The lowest BCUT2D eigenvalue weighted by atomic mass is 10.2. The SMILES string of the molecule is CCc1nn(Cc2ccc(Cl)cc2)c(Cl)c1C(=O)O. The topological polar surface area (TPSA) is 55.1 Å². The van der Waals surface area contributed by atoms with Crippen LogP contribution in [0.15, 0.2) is 24.3 Å². The minimum Gasteiger partial charge on any atom is -0.478 e. The van der Waals surface area contributed by atoms with Crippen molar-refractivity contribution in [3.8, 4) is 0 Å². The fraction of sp³-hybridized carbons (Fsp3) is 0.231. The third-order valence-electron chi connectivity index (χ3n) is 2.76. The molecule has 0 aliphatic rings. The average molecular weight is 299 g/mol. The fourth-order valence-corrected chi connectivity index (χ4v) is 2.23. The Hall–Kier alpha value is -1.52. The zero-order valence-electron chi connectivity index (χ0n) is 10.2. The van der Waals surface area contributed by atoms with E-state index in [1.165, 1.54) is 4.68 Å². The highest BCUT2D eigenvalue weighted by Gasteiger charge is 2.20. The first-order valence-electron chi connectivity index (χ1n) is 5.75. The third kappa shape index (κ3) is 2.91. The molecular formula is C13H12Cl2N2O2. The van der Waals surface area contributed by atoms with Crippen LogP contribution in [0.5, 0.6) is 0 Å². The summed E-state index contributed by atoms with van der Waals surface area (Å²) < 4.78 is 1.49. The number of benzene rings is 1. The van der Waals surface area contributed by atoms with Gasteiger partial charge in [0.15, 0.2) is 0 Å². The van der Waals surface area contributed by atoms with Crippen LogP contribution >= 0.6 is 23.2 Å². The van der Waals surface area contributed by atoms with Crippen molar-refractivity contribution >= 4 is 29.2 Å². The molecule has 0 unspecified atom stereocenters. The predicted octanol–water partition coefficient (Wildman–Crippen LogP) is 3.50. The number of carbonyl (C=O) groups is 1. The highest BCUT2D eigenvalue weighted by molar-refractivity contribution is 6.32. The van der Waals surface area contributed by atoms with E-state index < -0.39 is 5.97 Å². The summed E-state index contributed by atoms with van der Waals surface area (Å²) in [5, 5.41) is 14.2. The van der Waals surface area contributed by atoms with Gasteiger partial charge in [-0.15, -0.1) is 0 Å². The van der Waals surface area contributed by atoms with Gasteiger partial charge in [-0.25, -0.2) is 9.48 Å². The van der Waals surface area contributed by atoms with E-state index in [1.54, 1.807) is 12.1 Å². The van der Waals surface area contributed by atoms with E-state index in [0.717, 1.165) is 5.56 Å². The van der Waals surface area contributed by atoms with Crippen molar-refractivity contribution in [3.05, 3.63) is 51.3 Å². The summed E-state index contributed by atoms with van der Waals surface area (Å²) in [7, 11) is 0. The Labute approximate surface area is 120 Å². The minimum atomic E-state index is -1.05. The zero-order chi connectivity index (χ0) is 14.0. The monoisotopic (exact) mass is 298 g/mol. The molecule has 0 spiro atoms. The molecule has 1 aromatic heterocycles. The van der Waals surface area contributed by atoms with Crippen LogP contribution in [0, 0.1) is 0 Å². The summed E-state index contributed by atoms with van der Waals surface area (Å²) in [5.74, 6) is -1.05. The summed E-state index contributed by atoms with van der Waals surface area (Å²) in [4.78, 5) is 11.2. The second-order valence-electron chi connectivity index (χ2n) is 4.06. The predicted molar refractivity (Wildman–Crippen MR) is 74.1 cm³/mol. The maximum atomic E-state index is 11.2. The number of aryl methyl sites for hydroxylation is 1. The van der Waals surface area contributed by atoms with Crippen LogP contribution in [0.25, 0.3) is 0 Å². The molecule has 0 amide bonds. The molecule has 1 N–H and O–H groups in total. The normalized spacial score (nSPS) is 10.7. The Morgan fingerprint density at radius 1 is 1.32 bits per heavy atom. The van der Waals surface area contributed by atoms with Gasteiger partial charge in [-0.1, -0.05) is 42.3 Å². The molecule has 6 heteroatoms. The second-order valence-corrected chi connectivity index (χ2v) is 4.85. The number of halogens is 2. The lowest BCUT2D eigenvalue weighted by Gasteiger charge is -2.03. The van der Waals surface area contributed by atoms with E-state index in [-0.39, 0.29) is 10.7 Å². The number of nitrogens with zero attached hydrogens (tertiary/aromatic N) is 2. The number of hydrogen-bond donors (Lipinski definition) is 1. The van der Waals surface area contributed by atoms with Crippen LogP contribution in [0.3, 0.4) is 0 Å². The van der Waals surface area contributed by atoms with Gasteiger partial charge in [0.1, 0.15) is 10.7 Å². The molecule has 4 nitrogen and oxygen atoms in total. The van der Waals surface area contributed by atoms with Gasteiger partial charge in [0, 0.05) is 5.02 Å². The summed E-state index contributed by atoms with van der Waals surface area (Å²) in [6.07, 6.45) is 0.523. The standard InChI is InChI=1S/C13H12Cl2N2O2/c1-2-10-11(13(18)19)12(15)17(16-10)7-8-3-5-9(14)6-4-8/h3-6H,2,7H2,1H3,(H,18,19). The van der Waals surface area contributed by atoms with Gasteiger partial charge in [-0.3, -0.25) is 0 Å². The quantitative estimate of drug-likeness (QED) is 0.940. The van der Waals surface area contributed by atoms with Crippen LogP contribution in [0.4, 0.5) is 0 Å². The average Bonchev–Trinajstić information content (AvgIpc) is 2.69. The number of rotatable bonds is 4. The van der Waals surface area contributed by atoms with Crippen molar-refractivity contribution in [3.63, 3.8) is 0 Å². The van der Waals surface area contributed by atoms with Crippen molar-refractivity contribution in [2.45, 2.75) is 19.9 Å². The third-order valence-corrected chi connectivity index (χ3v) is 3.39. The maximum Gasteiger partial charge on any atom is 0.340 e. The van der Waals surface area contributed by atoms with Crippen LogP contribution < -0.4 is 0 Å². The highest BCUT2D eigenvalue weighted by atomic mass is 35.5. The van der Waals surface area contributed by atoms with Crippen LogP contribution in [0.2, 0.25) is 10.2 Å². The van der Waals surface area contributed by atoms with E-state index in [9.17, 15) is 4.79 Å². The summed E-state index contributed by atoms with van der Waals surface area (Å²) >= 11 is 11.9. The molecule has 100 valence electrons. The van der Waals surface area contributed by atoms with Crippen molar-refractivity contribution in [2.75, 3.05) is 0 Å². The van der Waals surface area contributed by atoms with E-state index in [1.807, 2.05) is 19.1 Å². The first-order valence-corrected chi connectivity index (χ1v) is 6.51. The lowest BCUT2D eigenvalue weighted by Crippen LogP contribution is -2.03. The molecule has 0 saturated carbocycles. The van der Waals surface area contributed by atoms with Crippen LogP contribution in [-0.2, 0) is 13.0 Å². The van der Waals surface area contributed by atoms with E-state index in [2.05, 4.69) is 5.10 Å². The zero-order valence-corrected chi connectivity index (χ0v) is 11.7. The van der Waals surface area contributed by atoms with Gasteiger partial charge in [-0.2, -0.15) is 5.10 Å². The van der Waals surface area contributed by atoms with Gasteiger partial charge in [0.05, 0.1) is 12.2 Å². The molecule has 0 aliphatic heterocycles. The molecule has 2 rings (SSSR count). The van der Waals surface area contributed by atoms with E-state index >= 15 is 0 Å². The van der Waals surface area contributed by atoms with Crippen molar-refractivity contribution in [1.29, 1.82) is 0 Å². The summed E-state index contributed by atoms with van der Waals surface area (Å²) in [6, 6.07) is 7.25. The maximum absolute atomic E-state index is 11.2. The smallest absolute Gasteiger partial charge is 0.340 e. The molecule has 0 radical (unpaired) electrons. The van der Waals surface area contributed by atoms with Crippen molar-refractivity contribution < 1.29 is 9.90 Å².